The average molecular weight is 261 g/mol. The number of carbonyl (C=O) groups excluding carboxylic acids is 1. The van der Waals surface area contributed by atoms with Crippen LogP contribution in [0.1, 0.15) is 33.8 Å². The van der Waals surface area contributed by atoms with E-state index in [4.69, 9.17) is 5.73 Å². The summed E-state index contributed by atoms with van der Waals surface area (Å²) in [6.45, 7) is 2.82. The normalized spacial score (nSPS) is 12.3. The molecule has 2 heterocycles. The average Bonchev–Trinajstić information content (AvgIpc) is 2.86. The Balaban J connectivity index is 1.93. The molecule has 0 bridgehead atoms. The number of aromatic nitrogens is 1. The van der Waals surface area contributed by atoms with Crippen LogP contribution in [0.15, 0.2) is 36.0 Å². The molecule has 5 heteroatoms. The first kappa shape index (κ1) is 12.7. The Labute approximate surface area is 110 Å². The van der Waals surface area contributed by atoms with Crippen LogP contribution in [0.5, 0.6) is 0 Å². The van der Waals surface area contributed by atoms with Gasteiger partial charge in [-0.3, -0.25) is 9.78 Å². The summed E-state index contributed by atoms with van der Waals surface area (Å²) in [5, 5.41) is 5.19. The summed E-state index contributed by atoms with van der Waals surface area (Å²) in [6, 6.07) is 6.05. The lowest BCUT2D eigenvalue weighted by Gasteiger charge is -2.12. The van der Waals surface area contributed by atoms with Crippen molar-refractivity contribution in [2.45, 2.75) is 19.5 Å². The zero-order valence-corrected chi connectivity index (χ0v) is 10.9. The number of amides is 1. The lowest BCUT2D eigenvalue weighted by Crippen LogP contribution is -2.17. The van der Waals surface area contributed by atoms with Crippen LogP contribution in [-0.2, 0) is 6.54 Å². The maximum Gasteiger partial charge on any atom is 0.249 e. The molecular formula is C13H15N3OS. The minimum absolute atomic E-state index is 0.243. The molecule has 0 radical (unpaired) electrons. The number of rotatable bonds is 5. The third kappa shape index (κ3) is 3.15. The van der Waals surface area contributed by atoms with Crippen LogP contribution in [-0.4, -0.2) is 10.9 Å². The number of nitrogens with two attached hydrogens (primary N) is 1. The molecule has 0 fully saturated rings. The third-order valence-electron chi connectivity index (χ3n) is 2.73. The maximum atomic E-state index is 11.0. The van der Waals surface area contributed by atoms with Crippen molar-refractivity contribution in [3.8, 4) is 0 Å². The minimum Gasteiger partial charge on any atom is -0.366 e. The zero-order chi connectivity index (χ0) is 13.0. The van der Waals surface area contributed by atoms with Gasteiger partial charge in [-0.2, -0.15) is 0 Å². The number of pyridine rings is 1. The Kier molecular flexibility index (Phi) is 4.07. The van der Waals surface area contributed by atoms with Gasteiger partial charge in [-0.25, -0.2) is 0 Å². The van der Waals surface area contributed by atoms with Crippen molar-refractivity contribution in [1.29, 1.82) is 0 Å². The summed E-state index contributed by atoms with van der Waals surface area (Å²) in [7, 11) is 0. The van der Waals surface area contributed by atoms with Crippen molar-refractivity contribution < 1.29 is 4.79 Å². The molecule has 94 valence electrons. The fourth-order valence-electron chi connectivity index (χ4n) is 1.63. The molecule has 18 heavy (non-hydrogen) atoms. The van der Waals surface area contributed by atoms with Gasteiger partial charge in [0.2, 0.25) is 5.91 Å². The topological polar surface area (TPSA) is 68.0 Å². The molecule has 0 aliphatic rings. The molecule has 0 saturated heterocycles. The van der Waals surface area contributed by atoms with Gasteiger partial charge in [0.25, 0.3) is 0 Å². The Morgan fingerprint density at radius 3 is 2.83 bits per heavy atom. The van der Waals surface area contributed by atoms with Crippen molar-refractivity contribution in [2.75, 3.05) is 0 Å². The lowest BCUT2D eigenvalue weighted by molar-refractivity contribution is 0.100. The Morgan fingerprint density at radius 1 is 1.50 bits per heavy atom. The van der Waals surface area contributed by atoms with E-state index in [0.29, 0.717) is 5.56 Å². The Hall–Kier alpha value is -1.72. The van der Waals surface area contributed by atoms with Crippen LogP contribution in [0.25, 0.3) is 0 Å². The molecule has 0 saturated carbocycles. The van der Waals surface area contributed by atoms with Crippen molar-refractivity contribution >= 4 is 17.2 Å². The number of hydrogen-bond donors (Lipinski definition) is 2. The number of thiophene rings is 1. The first-order chi connectivity index (χ1) is 8.66. The van der Waals surface area contributed by atoms with E-state index in [0.717, 1.165) is 11.4 Å². The van der Waals surface area contributed by atoms with E-state index in [-0.39, 0.29) is 11.9 Å². The predicted octanol–water partition coefficient (Wildman–Crippen LogP) is 2.09. The number of carbonyl (C=O) groups is 1. The van der Waals surface area contributed by atoms with E-state index in [1.54, 1.807) is 17.8 Å². The molecular weight excluding hydrogens is 246 g/mol. The summed E-state index contributed by atoms with van der Waals surface area (Å²) in [6.07, 6.45) is 3.56. The minimum atomic E-state index is -0.375. The largest absolute Gasteiger partial charge is 0.366 e. The molecule has 0 aliphatic carbocycles. The molecule has 4 nitrogen and oxygen atoms in total. The molecule has 3 N–H and O–H groups in total. The first-order valence-corrected chi connectivity index (χ1v) is 6.55. The van der Waals surface area contributed by atoms with Crippen LogP contribution < -0.4 is 11.1 Å². The van der Waals surface area contributed by atoms with Gasteiger partial charge in [0.1, 0.15) is 0 Å². The molecule has 0 aliphatic heterocycles. The third-order valence-corrected chi connectivity index (χ3v) is 3.66. The fourth-order valence-corrected chi connectivity index (χ4v) is 2.45. The maximum absolute atomic E-state index is 11.0. The van der Waals surface area contributed by atoms with Crippen LogP contribution in [0.3, 0.4) is 0 Å². The quantitative estimate of drug-likeness (QED) is 0.866. The monoisotopic (exact) mass is 261 g/mol. The number of primary amides is 1. The Morgan fingerprint density at radius 2 is 2.22 bits per heavy atom. The summed E-state index contributed by atoms with van der Waals surface area (Å²) < 4.78 is 0. The van der Waals surface area contributed by atoms with Crippen molar-refractivity contribution in [3.05, 3.63) is 52.0 Å². The van der Waals surface area contributed by atoms with Crippen LogP contribution in [0, 0.1) is 0 Å². The van der Waals surface area contributed by atoms with Crippen LogP contribution in [0.4, 0.5) is 0 Å². The summed E-state index contributed by atoms with van der Waals surface area (Å²) in [5.41, 5.74) is 6.98. The van der Waals surface area contributed by atoms with E-state index in [9.17, 15) is 4.79 Å². The second-order valence-electron chi connectivity index (χ2n) is 4.05. The van der Waals surface area contributed by atoms with Crippen LogP contribution >= 0.6 is 11.3 Å². The van der Waals surface area contributed by atoms with E-state index in [1.165, 1.54) is 16.9 Å². The molecule has 0 spiro atoms. The SMILES string of the molecule is CC(NCc1cc(C(N)=O)cs1)c1ccncc1. The van der Waals surface area contributed by atoms with Gasteiger partial charge in [0.15, 0.2) is 0 Å². The second-order valence-corrected chi connectivity index (χ2v) is 5.04. The molecule has 2 aromatic heterocycles. The predicted molar refractivity (Wildman–Crippen MR) is 72.3 cm³/mol. The molecule has 1 amide bonds. The summed E-state index contributed by atoms with van der Waals surface area (Å²) >= 11 is 1.54. The molecule has 0 aromatic carbocycles. The number of nitrogens with zero attached hydrogens (tertiary/aromatic N) is 1. The first-order valence-electron chi connectivity index (χ1n) is 5.67. The molecule has 1 unspecified atom stereocenters. The number of nitrogens with one attached hydrogen (secondary N) is 1. The molecule has 2 rings (SSSR count). The smallest absolute Gasteiger partial charge is 0.249 e. The van der Waals surface area contributed by atoms with Crippen molar-refractivity contribution in [3.63, 3.8) is 0 Å². The zero-order valence-electron chi connectivity index (χ0n) is 10.1. The highest BCUT2D eigenvalue weighted by Crippen LogP contribution is 2.16. The van der Waals surface area contributed by atoms with Gasteiger partial charge in [-0.05, 0) is 30.7 Å². The fraction of sp³-hybridized carbons (Fsp3) is 0.231. The summed E-state index contributed by atoms with van der Waals surface area (Å²) in [5.74, 6) is -0.375. The van der Waals surface area contributed by atoms with E-state index in [2.05, 4.69) is 17.2 Å². The highest BCUT2D eigenvalue weighted by molar-refractivity contribution is 7.10. The highest BCUT2D eigenvalue weighted by Gasteiger charge is 2.07. The van der Waals surface area contributed by atoms with Crippen molar-refractivity contribution in [2.24, 2.45) is 5.73 Å². The van der Waals surface area contributed by atoms with Crippen LogP contribution in [0.2, 0.25) is 0 Å². The highest BCUT2D eigenvalue weighted by atomic mass is 32.1. The van der Waals surface area contributed by atoms with E-state index in [1.807, 2.05) is 18.2 Å². The van der Waals surface area contributed by atoms with Gasteiger partial charge < -0.3 is 11.1 Å². The van der Waals surface area contributed by atoms with Gasteiger partial charge in [-0.1, -0.05) is 0 Å². The standard InChI is InChI=1S/C13H15N3OS/c1-9(10-2-4-15-5-3-10)16-7-12-6-11(8-18-12)13(14)17/h2-6,8-9,16H,7H2,1H3,(H2,14,17). The van der Waals surface area contributed by atoms with E-state index >= 15 is 0 Å². The summed E-state index contributed by atoms with van der Waals surface area (Å²) in [4.78, 5) is 16.1. The van der Waals surface area contributed by atoms with Gasteiger partial charge in [0, 0.05) is 35.2 Å². The van der Waals surface area contributed by atoms with Gasteiger partial charge in [-0.15, -0.1) is 11.3 Å². The van der Waals surface area contributed by atoms with Gasteiger partial charge in [0.05, 0.1) is 5.56 Å². The molecule has 1 atom stereocenters. The molecule has 2 aromatic rings. The van der Waals surface area contributed by atoms with Crippen molar-refractivity contribution in [1.82, 2.24) is 10.3 Å². The van der Waals surface area contributed by atoms with E-state index < -0.39 is 0 Å². The second kappa shape index (κ2) is 5.75. The lowest BCUT2D eigenvalue weighted by atomic mass is 10.1. The Bertz CT molecular complexity index is 524. The van der Waals surface area contributed by atoms with Gasteiger partial charge >= 0.3 is 0 Å². The number of hydrogen-bond acceptors (Lipinski definition) is 4.